The van der Waals surface area contributed by atoms with Crippen molar-refractivity contribution < 1.29 is 0 Å². The van der Waals surface area contributed by atoms with Gasteiger partial charge in [-0.2, -0.15) is 0 Å². The molecule has 0 fully saturated rings. The number of hydrogen-bond acceptors (Lipinski definition) is 1. The summed E-state index contributed by atoms with van der Waals surface area (Å²) in [6.07, 6.45) is 0. The van der Waals surface area contributed by atoms with Crippen molar-refractivity contribution in [3.05, 3.63) is 130 Å². The fourth-order valence-corrected chi connectivity index (χ4v) is 8.07. The lowest BCUT2D eigenvalue weighted by Gasteiger charge is -2.30. The molecule has 0 bridgehead atoms. The number of halogens is 1. The van der Waals surface area contributed by atoms with Crippen LogP contribution in [-0.2, 0) is 5.41 Å². The monoisotopic (exact) mass is 500 g/mol. The Balaban J connectivity index is 1.62. The van der Waals surface area contributed by atoms with E-state index >= 15 is 0 Å². The van der Waals surface area contributed by atoms with Gasteiger partial charge in [0.1, 0.15) is 0 Å². The Hall–Kier alpha value is -3.20. The molecule has 2 heteroatoms. The summed E-state index contributed by atoms with van der Waals surface area (Å²) in [5, 5.41) is 2.72. The molecule has 0 N–H and O–H groups in total. The standard InChI is InChI=1S/C31H17BrS/c32-27-14-7-13-25-30(27)20-10-2-5-12-24(20)31(25)23-11-4-1-8-18(23)21-17-29-22(16-26(21)31)19-9-3-6-15-28(19)33-29/h1-17H. The molecule has 0 radical (unpaired) electrons. The molecule has 6 aromatic rings. The minimum absolute atomic E-state index is 0.293. The molecule has 1 heterocycles. The van der Waals surface area contributed by atoms with Crippen molar-refractivity contribution >= 4 is 47.4 Å². The predicted molar refractivity (Wildman–Crippen MR) is 143 cm³/mol. The predicted octanol–water partition coefficient (Wildman–Crippen LogP) is 9.16. The average Bonchev–Trinajstić information content (AvgIpc) is 3.47. The topological polar surface area (TPSA) is 0 Å². The van der Waals surface area contributed by atoms with E-state index in [-0.39, 0.29) is 5.41 Å². The SMILES string of the molecule is Brc1cccc2c1-c1ccccc1C21c2ccccc2-c2cc3sc4ccccc4c3cc21. The average molecular weight is 501 g/mol. The molecule has 8 rings (SSSR count). The first kappa shape index (κ1) is 18.3. The maximum atomic E-state index is 3.90. The van der Waals surface area contributed by atoms with Crippen LogP contribution in [0.4, 0.5) is 0 Å². The Morgan fingerprint density at radius 1 is 0.515 bits per heavy atom. The van der Waals surface area contributed by atoms with Crippen molar-refractivity contribution in [2.45, 2.75) is 5.41 Å². The van der Waals surface area contributed by atoms with E-state index in [4.69, 9.17) is 0 Å². The van der Waals surface area contributed by atoms with Gasteiger partial charge in [0.15, 0.2) is 0 Å². The van der Waals surface area contributed by atoms with E-state index in [1.165, 1.54) is 64.7 Å². The van der Waals surface area contributed by atoms with Crippen molar-refractivity contribution in [1.29, 1.82) is 0 Å². The zero-order valence-electron chi connectivity index (χ0n) is 17.6. The Bertz CT molecular complexity index is 1790. The lowest BCUT2D eigenvalue weighted by Crippen LogP contribution is -2.25. The molecule has 0 saturated heterocycles. The van der Waals surface area contributed by atoms with Crippen LogP contribution in [0, 0.1) is 0 Å². The molecule has 33 heavy (non-hydrogen) atoms. The van der Waals surface area contributed by atoms with Gasteiger partial charge in [-0.15, -0.1) is 11.3 Å². The molecule has 1 spiro atoms. The summed E-state index contributed by atoms with van der Waals surface area (Å²) in [5.41, 5.74) is 10.7. The molecule has 2 aliphatic rings. The van der Waals surface area contributed by atoms with Gasteiger partial charge in [0.05, 0.1) is 5.41 Å². The fraction of sp³-hybridized carbons (Fsp3) is 0.0323. The molecule has 0 saturated carbocycles. The van der Waals surface area contributed by atoms with Crippen LogP contribution in [0.3, 0.4) is 0 Å². The molecular weight excluding hydrogens is 484 g/mol. The highest BCUT2D eigenvalue weighted by atomic mass is 79.9. The molecule has 1 aromatic heterocycles. The Kier molecular flexibility index (Phi) is 3.44. The van der Waals surface area contributed by atoms with Crippen LogP contribution in [0.25, 0.3) is 42.4 Å². The number of fused-ring (bicyclic) bond motifs is 13. The summed E-state index contributed by atoms with van der Waals surface area (Å²) in [4.78, 5) is 0. The highest BCUT2D eigenvalue weighted by Crippen LogP contribution is 2.64. The van der Waals surface area contributed by atoms with Gasteiger partial charge in [0, 0.05) is 30.2 Å². The first-order valence-corrected chi connectivity index (χ1v) is 12.8. The van der Waals surface area contributed by atoms with Crippen LogP contribution >= 0.6 is 27.3 Å². The minimum Gasteiger partial charge on any atom is -0.135 e. The minimum atomic E-state index is -0.293. The Morgan fingerprint density at radius 3 is 2.09 bits per heavy atom. The van der Waals surface area contributed by atoms with E-state index in [0.29, 0.717) is 0 Å². The van der Waals surface area contributed by atoms with Crippen molar-refractivity contribution in [3.63, 3.8) is 0 Å². The Labute approximate surface area is 204 Å². The van der Waals surface area contributed by atoms with Crippen molar-refractivity contribution in [2.75, 3.05) is 0 Å². The van der Waals surface area contributed by atoms with Gasteiger partial charge in [-0.05, 0) is 63.2 Å². The van der Waals surface area contributed by atoms with E-state index in [9.17, 15) is 0 Å². The molecule has 2 aliphatic carbocycles. The number of thiophene rings is 1. The van der Waals surface area contributed by atoms with Gasteiger partial charge in [0.2, 0.25) is 0 Å². The van der Waals surface area contributed by atoms with Gasteiger partial charge in [0.25, 0.3) is 0 Å². The third-order valence-corrected chi connectivity index (χ3v) is 9.35. The maximum Gasteiger partial charge on any atom is 0.0726 e. The summed E-state index contributed by atoms with van der Waals surface area (Å²) in [6.45, 7) is 0. The summed E-state index contributed by atoms with van der Waals surface area (Å²) in [6, 6.07) is 38.5. The van der Waals surface area contributed by atoms with E-state index in [2.05, 4.69) is 119 Å². The van der Waals surface area contributed by atoms with E-state index < -0.39 is 0 Å². The van der Waals surface area contributed by atoms with Crippen LogP contribution in [-0.4, -0.2) is 0 Å². The first-order chi connectivity index (χ1) is 16.3. The molecule has 154 valence electrons. The third kappa shape index (κ3) is 2.08. The van der Waals surface area contributed by atoms with Crippen LogP contribution < -0.4 is 0 Å². The second-order valence-electron chi connectivity index (χ2n) is 9.00. The molecule has 0 nitrogen and oxygen atoms in total. The van der Waals surface area contributed by atoms with Gasteiger partial charge >= 0.3 is 0 Å². The molecule has 1 atom stereocenters. The number of rotatable bonds is 0. The molecule has 1 unspecified atom stereocenters. The van der Waals surface area contributed by atoms with Crippen molar-refractivity contribution in [2.24, 2.45) is 0 Å². The third-order valence-electron chi connectivity index (χ3n) is 7.56. The van der Waals surface area contributed by atoms with Crippen LogP contribution in [0.2, 0.25) is 0 Å². The summed E-state index contributed by atoms with van der Waals surface area (Å²) >= 11 is 5.79. The van der Waals surface area contributed by atoms with Gasteiger partial charge in [-0.1, -0.05) is 94.8 Å². The highest BCUT2D eigenvalue weighted by molar-refractivity contribution is 9.10. The second-order valence-corrected chi connectivity index (χ2v) is 10.9. The second kappa shape index (κ2) is 6.22. The quantitative estimate of drug-likeness (QED) is 0.194. The summed E-state index contributed by atoms with van der Waals surface area (Å²) < 4.78 is 3.88. The zero-order valence-corrected chi connectivity index (χ0v) is 20.0. The van der Waals surface area contributed by atoms with E-state index in [0.717, 1.165) is 4.47 Å². The first-order valence-electron chi connectivity index (χ1n) is 11.2. The van der Waals surface area contributed by atoms with Crippen LogP contribution in [0.15, 0.2) is 108 Å². The smallest absolute Gasteiger partial charge is 0.0726 e. The van der Waals surface area contributed by atoms with Crippen molar-refractivity contribution in [3.8, 4) is 22.3 Å². The zero-order chi connectivity index (χ0) is 21.7. The fourth-order valence-electron chi connectivity index (χ4n) is 6.36. The molecule has 0 amide bonds. The van der Waals surface area contributed by atoms with E-state index in [1.807, 2.05) is 11.3 Å². The van der Waals surface area contributed by atoms with Crippen molar-refractivity contribution in [1.82, 2.24) is 0 Å². The van der Waals surface area contributed by atoms with Crippen LogP contribution in [0.1, 0.15) is 22.3 Å². The maximum absolute atomic E-state index is 3.90. The lowest BCUT2D eigenvalue weighted by molar-refractivity contribution is 0.795. The number of benzene rings is 5. The van der Waals surface area contributed by atoms with Crippen LogP contribution in [0.5, 0.6) is 0 Å². The van der Waals surface area contributed by atoms with Gasteiger partial charge < -0.3 is 0 Å². The lowest BCUT2D eigenvalue weighted by atomic mass is 9.70. The molecule has 5 aromatic carbocycles. The van der Waals surface area contributed by atoms with E-state index in [1.54, 1.807) is 0 Å². The van der Waals surface area contributed by atoms with Gasteiger partial charge in [-0.25, -0.2) is 0 Å². The number of hydrogen-bond donors (Lipinski definition) is 0. The van der Waals surface area contributed by atoms with Gasteiger partial charge in [-0.3, -0.25) is 0 Å². The highest BCUT2D eigenvalue weighted by Gasteiger charge is 2.52. The summed E-state index contributed by atoms with van der Waals surface area (Å²) in [5.74, 6) is 0. The normalized spacial score (nSPS) is 17.4. The largest absolute Gasteiger partial charge is 0.135 e. The molecule has 0 aliphatic heterocycles. The summed E-state index contributed by atoms with van der Waals surface area (Å²) in [7, 11) is 0. The Morgan fingerprint density at radius 2 is 1.21 bits per heavy atom. The molecular formula is C31H17BrS.